The third-order valence-corrected chi connectivity index (χ3v) is 5.57. The zero-order valence-corrected chi connectivity index (χ0v) is 18.3. The van der Waals surface area contributed by atoms with Crippen LogP contribution in [0.15, 0.2) is 60.7 Å². The molecule has 8 heteroatoms. The maximum atomic E-state index is 15.2. The van der Waals surface area contributed by atoms with E-state index in [1.807, 2.05) is 0 Å². The third kappa shape index (κ3) is 4.96. The van der Waals surface area contributed by atoms with Crippen LogP contribution in [-0.2, 0) is 27.3 Å². The summed E-state index contributed by atoms with van der Waals surface area (Å²) in [5.41, 5.74) is 1.85. The quantitative estimate of drug-likeness (QED) is 0.485. The maximum Gasteiger partial charge on any atom is 0.363 e. The van der Waals surface area contributed by atoms with E-state index in [0.717, 1.165) is 5.56 Å². The minimum atomic E-state index is -0.843. The van der Waals surface area contributed by atoms with E-state index in [0.29, 0.717) is 21.9 Å². The zero-order valence-electron chi connectivity index (χ0n) is 18.3. The largest absolute Gasteiger partial charge is 0.497 e. The zero-order chi connectivity index (χ0) is 24.2. The van der Waals surface area contributed by atoms with Gasteiger partial charge in [-0.25, -0.2) is 13.6 Å². The van der Waals surface area contributed by atoms with Crippen LogP contribution in [0.3, 0.4) is 0 Å². The third-order valence-electron chi connectivity index (χ3n) is 5.57. The lowest BCUT2D eigenvalue weighted by Gasteiger charge is -2.13. The fourth-order valence-corrected chi connectivity index (χ4v) is 3.66. The number of amides is 2. The van der Waals surface area contributed by atoms with Crippen molar-refractivity contribution in [3.05, 3.63) is 100 Å². The van der Waals surface area contributed by atoms with Gasteiger partial charge in [-0.15, -0.1) is 5.06 Å². The van der Waals surface area contributed by atoms with Crippen LogP contribution in [-0.4, -0.2) is 30.0 Å². The molecule has 6 nitrogen and oxygen atoms in total. The Bertz CT molecular complexity index is 1220. The number of ether oxygens (including phenoxy) is 1. The molecule has 1 aliphatic heterocycles. The molecule has 2 amide bonds. The van der Waals surface area contributed by atoms with E-state index in [9.17, 15) is 18.8 Å². The first-order chi connectivity index (χ1) is 16.4. The predicted molar refractivity (Wildman–Crippen MR) is 118 cm³/mol. The van der Waals surface area contributed by atoms with Crippen LogP contribution in [0.4, 0.5) is 8.78 Å². The number of methoxy groups -OCH3 is 1. The summed E-state index contributed by atoms with van der Waals surface area (Å²) in [6, 6.07) is 15.8. The monoisotopic (exact) mass is 465 g/mol. The number of hydrogen-bond donors (Lipinski definition) is 0. The van der Waals surface area contributed by atoms with Crippen LogP contribution in [0.1, 0.15) is 45.5 Å². The molecule has 3 aromatic carbocycles. The molecule has 0 bridgehead atoms. The molecular weight excluding hydrogens is 444 g/mol. The Balaban J connectivity index is 1.47. The summed E-state index contributed by atoms with van der Waals surface area (Å²) in [5, 5.41) is 0.481. The average Bonchev–Trinajstić information content (AvgIpc) is 3.16. The summed E-state index contributed by atoms with van der Waals surface area (Å²) in [5.74, 6) is -2.56. The molecule has 0 N–H and O–H groups in total. The molecule has 0 aromatic heterocycles. The molecule has 0 saturated carbocycles. The first kappa shape index (κ1) is 23.1. The predicted octanol–water partition coefficient (Wildman–Crippen LogP) is 4.38. The summed E-state index contributed by atoms with van der Waals surface area (Å²) < 4.78 is 34.7. The van der Waals surface area contributed by atoms with Crippen LogP contribution in [0, 0.1) is 11.6 Å². The molecule has 0 radical (unpaired) electrons. The summed E-state index contributed by atoms with van der Waals surface area (Å²) in [7, 11) is 1.54. The molecule has 4 rings (SSSR count). The lowest BCUT2D eigenvalue weighted by Crippen LogP contribution is -2.32. The number of hydroxylamine groups is 2. The Kier molecular flexibility index (Phi) is 6.67. The van der Waals surface area contributed by atoms with Crippen molar-refractivity contribution in [2.24, 2.45) is 0 Å². The molecule has 1 fully saturated rings. The van der Waals surface area contributed by atoms with Crippen molar-refractivity contribution in [2.75, 3.05) is 7.11 Å². The van der Waals surface area contributed by atoms with Gasteiger partial charge in [0.2, 0.25) is 0 Å². The average molecular weight is 465 g/mol. The highest BCUT2D eigenvalue weighted by molar-refractivity contribution is 6.02. The highest BCUT2D eigenvalue weighted by atomic mass is 19.1. The lowest BCUT2D eigenvalue weighted by molar-refractivity contribution is -0.172. The molecule has 174 valence electrons. The van der Waals surface area contributed by atoms with Gasteiger partial charge in [0.05, 0.1) is 12.7 Å². The van der Waals surface area contributed by atoms with Crippen LogP contribution in [0.2, 0.25) is 0 Å². The molecule has 34 heavy (non-hydrogen) atoms. The Morgan fingerprint density at radius 3 is 2.06 bits per heavy atom. The van der Waals surface area contributed by atoms with Gasteiger partial charge in [-0.1, -0.05) is 30.3 Å². The van der Waals surface area contributed by atoms with Crippen molar-refractivity contribution in [1.29, 1.82) is 0 Å². The van der Waals surface area contributed by atoms with Crippen LogP contribution < -0.4 is 4.74 Å². The summed E-state index contributed by atoms with van der Waals surface area (Å²) in [4.78, 5) is 40.3. The second-order valence-corrected chi connectivity index (χ2v) is 7.86. The smallest absolute Gasteiger partial charge is 0.363 e. The minimum Gasteiger partial charge on any atom is -0.497 e. The number of benzene rings is 3. The SMILES string of the molecule is COc1ccc(Cc2c(F)ccc(Cc3ccc(C(=O)ON4C(=O)CCC4=O)cc3)c2F)cc1. The van der Waals surface area contributed by atoms with Crippen LogP contribution >= 0.6 is 0 Å². The van der Waals surface area contributed by atoms with E-state index < -0.39 is 29.4 Å². The van der Waals surface area contributed by atoms with Gasteiger partial charge in [0.25, 0.3) is 11.8 Å². The number of carbonyl (C=O) groups excluding carboxylic acids is 3. The first-order valence-electron chi connectivity index (χ1n) is 10.6. The Morgan fingerprint density at radius 1 is 0.853 bits per heavy atom. The number of halogens is 2. The fourth-order valence-electron chi connectivity index (χ4n) is 3.66. The molecule has 3 aromatic rings. The first-order valence-corrected chi connectivity index (χ1v) is 10.6. The lowest BCUT2D eigenvalue weighted by atomic mass is 9.97. The van der Waals surface area contributed by atoms with E-state index in [-0.39, 0.29) is 36.8 Å². The number of imide groups is 1. The van der Waals surface area contributed by atoms with Crippen molar-refractivity contribution in [3.8, 4) is 5.75 Å². The Labute approximate surface area is 194 Å². The van der Waals surface area contributed by atoms with Crippen molar-refractivity contribution < 1.29 is 32.7 Å². The number of rotatable bonds is 7. The van der Waals surface area contributed by atoms with Crippen molar-refractivity contribution >= 4 is 17.8 Å². The second kappa shape index (κ2) is 9.82. The summed E-state index contributed by atoms with van der Waals surface area (Å²) in [6.45, 7) is 0. The van der Waals surface area contributed by atoms with Gasteiger partial charge >= 0.3 is 5.97 Å². The summed E-state index contributed by atoms with van der Waals surface area (Å²) in [6.07, 6.45) is 0.290. The highest BCUT2D eigenvalue weighted by Gasteiger charge is 2.33. The van der Waals surface area contributed by atoms with Crippen molar-refractivity contribution in [3.63, 3.8) is 0 Å². The number of nitrogens with zero attached hydrogens (tertiary/aromatic N) is 1. The molecule has 1 aliphatic rings. The standard InChI is InChI=1S/C26H21F2NO5/c1-33-20-9-4-17(5-10-20)15-21-22(27)11-8-19(25(21)28)14-16-2-6-18(7-3-16)26(32)34-29-23(30)12-13-24(29)31/h2-11H,12-15H2,1H3. The fraction of sp³-hybridized carbons (Fsp3) is 0.192. The second-order valence-electron chi connectivity index (χ2n) is 7.86. The van der Waals surface area contributed by atoms with E-state index in [4.69, 9.17) is 9.57 Å². The van der Waals surface area contributed by atoms with Gasteiger partial charge in [0.15, 0.2) is 0 Å². The van der Waals surface area contributed by atoms with Crippen molar-refractivity contribution in [2.45, 2.75) is 25.7 Å². The Hall–Kier alpha value is -4.07. The maximum absolute atomic E-state index is 15.2. The van der Waals surface area contributed by atoms with Gasteiger partial charge < -0.3 is 9.57 Å². The van der Waals surface area contributed by atoms with Crippen LogP contribution in [0.25, 0.3) is 0 Å². The van der Waals surface area contributed by atoms with E-state index in [1.165, 1.54) is 24.3 Å². The Morgan fingerprint density at radius 2 is 1.44 bits per heavy atom. The van der Waals surface area contributed by atoms with E-state index in [2.05, 4.69) is 0 Å². The molecule has 0 spiro atoms. The molecular formula is C26H21F2NO5. The topological polar surface area (TPSA) is 72.9 Å². The molecule has 1 saturated heterocycles. The number of carbonyl (C=O) groups is 3. The van der Waals surface area contributed by atoms with Gasteiger partial charge in [-0.2, -0.15) is 0 Å². The molecule has 1 heterocycles. The number of hydrogen-bond acceptors (Lipinski definition) is 5. The van der Waals surface area contributed by atoms with Gasteiger partial charge in [0.1, 0.15) is 17.4 Å². The minimum absolute atomic E-state index is 0.00867. The van der Waals surface area contributed by atoms with Crippen LogP contribution in [0.5, 0.6) is 5.75 Å². The summed E-state index contributed by atoms with van der Waals surface area (Å²) >= 11 is 0. The van der Waals surface area contributed by atoms with Gasteiger partial charge in [-0.05, 0) is 47.0 Å². The van der Waals surface area contributed by atoms with Gasteiger partial charge in [-0.3, -0.25) is 9.59 Å². The van der Waals surface area contributed by atoms with E-state index in [1.54, 1.807) is 43.5 Å². The highest BCUT2D eigenvalue weighted by Crippen LogP contribution is 2.24. The molecule has 0 aliphatic carbocycles. The molecule has 0 unspecified atom stereocenters. The molecule has 0 atom stereocenters. The normalized spacial score (nSPS) is 13.3. The van der Waals surface area contributed by atoms with Gasteiger partial charge in [0, 0.05) is 31.2 Å². The van der Waals surface area contributed by atoms with Crippen molar-refractivity contribution in [1.82, 2.24) is 5.06 Å². The van der Waals surface area contributed by atoms with E-state index >= 15 is 4.39 Å².